The van der Waals surface area contributed by atoms with E-state index < -0.39 is 17.2 Å². The Bertz CT molecular complexity index is 709. The predicted octanol–water partition coefficient (Wildman–Crippen LogP) is 4.40. The van der Waals surface area contributed by atoms with Crippen molar-refractivity contribution in [3.63, 3.8) is 0 Å². The van der Waals surface area contributed by atoms with Crippen LogP contribution in [-0.2, 0) is 16.4 Å². The van der Waals surface area contributed by atoms with Gasteiger partial charge in [-0.15, -0.1) is 0 Å². The van der Waals surface area contributed by atoms with Gasteiger partial charge < -0.3 is 4.90 Å². The van der Waals surface area contributed by atoms with Gasteiger partial charge in [-0.25, -0.2) is 0 Å². The summed E-state index contributed by atoms with van der Waals surface area (Å²) in [5.74, 6) is -0.0801. The molecule has 5 heteroatoms. The smallest absolute Gasteiger partial charge is 0.312 e. The summed E-state index contributed by atoms with van der Waals surface area (Å²) in [7, 11) is 0. The number of benzene rings is 2. The van der Waals surface area contributed by atoms with E-state index in [1.807, 2.05) is 37.3 Å². The molecule has 1 fully saturated rings. The Labute approximate surface area is 132 Å². The van der Waals surface area contributed by atoms with Gasteiger partial charge in [-0.3, -0.25) is 4.79 Å². The second-order valence-corrected chi connectivity index (χ2v) is 5.95. The number of alkyl halides is 3. The molecule has 1 amide bonds. The quantitative estimate of drug-likeness (QED) is 0.803. The van der Waals surface area contributed by atoms with Crippen LogP contribution < -0.4 is 4.90 Å². The molecule has 1 heterocycles. The maximum absolute atomic E-state index is 12.8. The lowest BCUT2D eigenvalue weighted by atomic mass is 9.81. The average molecular weight is 319 g/mol. The average Bonchev–Trinajstić information content (AvgIpc) is 2.84. The Morgan fingerprint density at radius 3 is 2.17 bits per heavy atom. The zero-order valence-corrected chi connectivity index (χ0v) is 12.6. The Morgan fingerprint density at radius 1 is 1.00 bits per heavy atom. The number of hydrogen-bond acceptors (Lipinski definition) is 1. The molecule has 1 aliphatic rings. The standard InChI is InChI=1S/C18H16F3NO/c1-17(13-5-3-2-4-6-13)11-12-22(16(17)23)15-9-7-14(8-10-15)18(19,20)21/h2-10H,11-12H2,1H3/t17-/m0/s1. The van der Waals surface area contributed by atoms with Crippen molar-refractivity contribution in [2.75, 3.05) is 11.4 Å². The van der Waals surface area contributed by atoms with E-state index >= 15 is 0 Å². The van der Waals surface area contributed by atoms with Crippen LogP contribution in [0.5, 0.6) is 0 Å². The lowest BCUT2D eigenvalue weighted by Gasteiger charge is -2.24. The van der Waals surface area contributed by atoms with Gasteiger partial charge in [-0.05, 0) is 43.2 Å². The summed E-state index contributed by atoms with van der Waals surface area (Å²) in [6.07, 6.45) is -3.73. The van der Waals surface area contributed by atoms with Crippen LogP contribution in [0.2, 0.25) is 0 Å². The molecule has 2 nitrogen and oxygen atoms in total. The third kappa shape index (κ3) is 2.71. The first-order chi connectivity index (χ1) is 10.8. The molecule has 1 atom stereocenters. The summed E-state index contributed by atoms with van der Waals surface area (Å²) in [6.45, 7) is 2.38. The Morgan fingerprint density at radius 2 is 1.61 bits per heavy atom. The van der Waals surface area contributed by atoms with Crippen molar-refractivity contribution in [3.8, 4) is 0 Å². The number of anilines is 1. The van der Waals surface area contributed by atoms with Gasteiger partial charge >= 0.3 is 6.18 Å². The van der Waals surface area contributed by atoms with Crippen LogP contribution in [0.3, 0.4) is 0 Å². The van der Waals surface area contributed by atoms with E-state index in [-0.39, 0.29) is 5.91 Å². The third-order valence-electron chi connectivity index (χ3n) is 4.47. The van der Waals surface area contributed by atoms with Crippen LogP contribution in [0.15, 0.2) is 54.6 Å². The van der Waals surface area contributed by atoms with E-state index in [0.29, 0.717) is 18.7 Å². The first kappa shape index (κ1) is 15.6. The first-order valence-corrected chi connectivity index (χ1v) is 7.37. The Kier molecular flexibility index (Phi) is 3.66. The summed E-state index contributed by atoms with van der Waals surface area (Å²) < 4.78 is 37.9. The van der Waals surface area contributed by atoms with Gasteiger partial charge in [-0.2, -0.15) is 13.2 Å². The Hall–Kier alpha value is -2.30. The van der Waals surface area contributed by atoms with Crippen LogP contribution in [0.25, 0.3) is 0 Å². The summed E-state index contributed by atoms with van der Waals surface area (Å²) in [5, 5.41) is 0. The molecule has 0 N–H and O–H groups in total. The lowest BCUT2D eigenvalue weighted by Crippen LogP contribution is -2.35. The fourth-order valence-electron chi connectivity index (χ4n) is 2.99. The molecule has 1 aliphatic heterocycles. The number of hydrogen-bond donors (Lipinski definition) is 0. The molecule has 1 saturated heterocycles. The fraction of sp³-hybridized carbons (Fsp3) is 0.278. The van der Waals surface area contributed by atoms with Crippen molar-refractivity contribution in [2.24, 2.45) is 0 Å². The zero-order chi connectivity index (χ0) is 16.7. The number of carbonyl (C=O) groups is 1. The summed E-state index contributed by atoms with van der Waals surface area (Å²) >= 11 is 0. The van der Waals surface area contributed by atoms with Gasteiger partial charge in [0.25, 0.3) is 0 Å². The van der Waals surface area contributed by atoms with Crippen molar-refractivity contribution >= 4 is 11.6 Å². The maximum Gasteiger partial charge on any atom is 0.416 e. The molecule has 0 saturated carbocycles. The number of carbonyl (C=O) groups excluding carboxylic acids is 1. The highest BCUT2D eigenvalue weighted by molar-refractivity contribution is 6.03. The molecular formula is C18H16F3NO. The SMILES string of the molecule is C[C@@]1(c2ccccc2)CCN(c2ccc(C(F)(F)F)cc2)C1=O. The highest BCUT2D eigenvalue weighted by Crippen LogP contribution is 2.38. The van der Waals surface area contributed by atoms with E-state index in [9.17, 15) is 18.0 Å². The van der Waals surface area contributed by atoms with Crippen LogP contribution in [0.1, 0.15) is 24.5 Å². The number of amides is 1. The monoisotopic (exact) mass is 319 g/mol. The van der Waals surface area contributed by atoms with E-state index in [4.69, 9.17) is 0 Å². The van der Waals surface area contributed by atoms with E-state index in [1.165, 1.54) is 12.1 Å². The minimum absolute atomic E-state index is 0.0801. The van der Waals surface area contributed by atoms with Crippen molar-refractivity contribution in [1.82, 2.24) is 0 Å². The predicted molar refractivity (Wildman–Crippen MR) is 82.2 cm³/mol. The van der Waals surface area contributed by atoms with Crippen molar-refractivity contribution in [1.29, 1.82) is 0 Å². The van der Waals surface area contributed by atoms with Crippen LogP contribution >= 0.6 is 0 Å². The molecule has 0 aromatic heterocycles. The molecule has 23 heavy (non-hydrogen) atoms. The minimum Gasteiger partial charge on any atom is -0.312 e. The molecule has 0 bridgehead atoms. The number of halogens is 3. The molecule has 0 radical (unpaired) electrons. The molecule has 0 spiro atoms. The molecule has 3 rings (SSSR count). The second kappa shape index (κ2) is 5.41. The lowest BCUT2D eigenvalue weighted by molar-refractivity contribution is -0.137. The summed E-state index contributed by atoms with van der Waals surface area (Å²) in [4.78, 5) is 14.4. The molecule has 2 aromatic rings. The third-order valence-corrected chi connectivity index (χ3v) is 4.47. The van der Waals surface area contributed by atoms with Crippen LogP contribution in [-0.4, -0.2) is 12.5 Å². The van der Waals surface area contributed by atoms with E-state index in [2.05, 4.69) is 0 Å². The number of nitrogens with zero attached hydrogens (tertiary/aromatic N) is 1. The van der Waals surface area contributed by atoms with E-state index in [0.717, 1.165) is 17.7 Å². The van der Waals surface area contributed by atoms with Crippen molar-refractivity contribution in [3.05, 3.63) is 65.7 Å². The van der Waals surface area contributed by atoms with Gasteiger partial charge in [0.15, 0.2) is 0 Å². The topological polar surface area (TPSA) is 20.3 Å². The van der Waals surface area contributed by atoms with Gasteiger partial charge in [0.05, 0.1) is 11.0 Å². The Balaban J connectivity index is 1.87. The van der Waals surface area contributed by atoms with E-state index in [1.54, 1.807) is 4.90 Å². The summed E-state index contributed by atoms with van der Waals surface area (Å²) in [6, 6.07) is 14.2. The molecule has 0 unspecified atom stereocenters. The molecule has 0 aliphatic carbocycles. The fourth-order valence-corrected chi connectivity index (χ4v) is 2.99. The van der Waals surface area contributed by atoms with Gasteiger partial charge in [0.2, 0.25) is 5.91 Å². The summed E-state index contributed by atoms with van der Waals surface area (Å²) in [5.41, 5.74) is 0.0880. The van der Waals surface area contributed by atoms with Crippen LogP contribution in [0.4, 0.5) is 18.9 Å². The van der Waals surface area contributed by atoms with Crippen molar-refractivity contribution in [2.45, 2.75) is 24.9 Å². The van der Waals surface area contributed by atoms with Crippen LogP contribution in [0, 0.1) is 0 Å². The zero-order valence-electron chi connectivity index (χ0n) is 12.6. The van der Waals surface area contributed by atoms with Gasteiger partial charge in [-0.1, -0.05) is 30.3 Å². The highest BCUT2D eigenvalue weighted by atomic mass is 19.4. The highest BCUT2D eigenvalue weighted by Gasteiger charge is 2.44. The second-order valence-electron chi connectivity index (χ2n) is 5.95. The normalized spacial score (nSPS) is 21.7. The van der Waals surface area contributed by atoms with Gasteiger partial charge in [0.1, 0.15) is 0 Å². The maximum atomic E-state index is 12.8. The molecule has 120 valence electrons. The minimum atomic E-state index is -4.37. The molecule has 2 aromatic carbocycles. The number of rotatable bonds is 2. The van der Waals surface area contributed by atoms with Crippen molar-refractivity contribution < 1.29 is 18.0 Å². The molecular weight excluding hydrogens is 303 g/mol. The largest absolute Gasteiger partial charge is 0.416 e. The first-order valence-electron chi connectivity index (χ1n) is 7.37. The van der Waals surface area contributed by atoms with Gasteiger partial charge in [0, 0.05) is 12.2 Å².